The second kappa shape index (κ2) is 10.4. The van der Waals surface area contributed by atoms with Crippen LogP contribution in [0, 0.1) is 6.92 Å². The summed E-state index contributed by atoms with van der Waals surface area (Å²) in [7, 11) is -1.41. The van der Waals surface area contributed by atoms with E-state index in [1.54, 1.807) is 40.8 Å². The molecule has 0 bridgehead atoms. The quantitative estimate of drug-likeness (QED) is 0.382. The van der Waals surface area contributed by atoms with E-state index in [2.05, 4.69) is 26.9 Å². The number of amides is 1. The molecule has 1 fully saturated rings. The molecule has 1 amide bonds. The van der Waals surface area contributed by atoms with E-state index in [4.69, 9.17) is 9.52 Å². The number of anilines is 2. The molecule has 3 heterocycles. The number of aromatic nitrogens is 4. The summed E-state index contributed by atoms with van der Waals surface area (Å²) in [5.41, 5.74) is 2.25. The number of likely N-dealkylation sites (tertiary alicyclic amines) is 1. The minimum absolute atomic E-state index is 0.0544. The Morgan fingerprint density at radius 3 is 2.55 bits per heavy atom. The molecule has 11 nitrogen and oxygen atoms in total. The predicted molar refractivity (Wildman–Crippen MR) is 144 cm³/mol. The maximum atomic E-state index is 13.9. The van der Waals surface area contributed by atoms with Crippen molar-refractivity contribution in [2.75, 3.05) is 36.0 Å². The summed E-state index contributed by atoms with van der Waals surface area (Å²) in [5, 5.41) is 12.8. The lowest BCUT2D eigenvalue weighted by molar-refractivity contribution is 0.0962. The minimum Gasteiger partial charge on any atom is -0.421 e. The highest BCUT2D eigenvalue weighted by Crippen LogP contribution is 2.27. The van der Waals surface area contributed by atoms with Crippen molar-refractivity contribution in [3.05, 3.63) is 72.2 Å². The number of rotatable bonds is 7. The average Bonchev–Trinajstić information content (AvgIpc) is 3.54. The fourth-order valence-electron chi connectivity index (χ4n) is 4.56. The van der Waals surface area contributed by atoms with Crippen molar-refractivity contribution in [3.8, 4) is 17.1 Å². The zero-order valence-electron chi connectivity index (χ0n) is 21.4. The van der Waals surface area contributed by atoms with Crippen LogP contribution in [-0.4, -0.2) is 71.6 Å². The Kier molecular flexibility index (Phi) is 7.00. The number of nitrogens with one attached hydrogen (secondary N) is 1. The standard InChI is InChI=1S/C26H29N7O4S/c1-18-27-28-25(37-18)19-6-5-9-23(17-19)32-15-12-24(29-32)33(22-10-13-31(2)14-11-22)26(34)20-7-4-8-21(16-20)30-38(3,35)36/h4-9,12,15-17,22,30H,10-11,13-14H2,1-3H3. The van der Waals surface area contributed by atoms with Crippen LogP contribution in [0.5, 0.6) is 0 Å². The smallest absolute Gasteiger partial charge is 0.259 e. The third-order valence-corrected chi connectivity index (χ3v) is 7.00. The molecule has 0 aliphatic carbocycles. The third kappa shape index (κ3) is 5.76. The van der Waals surface area contributed by atoms with Crippen LogP contribution in [0.3, 0.4) is 0 Å². The molecule has 1 aliphatic heterocycles. The SMILES string of the molecule is Cc1nnc(-c2cccc(-n3ccc(N(C(=O)c4cccc(NS(C)(=O)=O)c4)C4CCN(C)CC4)n3)c2)o1. The molecule has 0 spiro atoms. The number of hydrogen-bond donors (Lipinski definition) is 1. The number of benzene rings is 2. The monoisotopic (exact) mass is 535 g/mol. The number of sulfonamides is 1. The van der Waals surface area contributed by atoms with Crippen LogP contribution in [0.1, 0.15) is 29.1 Å². The summed E-state index contributed by atoms with van der Waals surface area (Å²) in [5.74, 6) is 1.18. The maximum absolute atomic E-state index is 13.9. The molecule has 1 N–H and O–H groups in total. The summed E-state index contributed by atoms with van der Waals surface area (Å²) in [6.45, 7) is 3.45. The van der Waals surface area contributed by atoms with Gasteiger partial charge in [0.2, 0.25) is 21.8 Å². The molecule has 4 aromatic rings. The molecule has 0 unspecified atom stereocenters. The molecule has 1 saturated heterocycles. The highest BCUT2D eigenvalue weighted by molar-refractivity contribution is 7.92. The molecule has 0 atom stereocenters. The lowest BCUT2D eigenvalue weighted by Gasteiger charge is -2.36. The average molecular weight is 536 g/mol. The normalized spacial score (nSPS) is 14.9. The van der Waals surface area contributed by atoms with E-state index in [-0.39, 0.29) is 11.9 Å². The van der Waals surface area contributed by atoms with Gasteiger partial charge < -0.3 is 9.32 Å². The van der Waals surface area contributed by atoms with Crippen molar-refractivity contribution in [2.24, 2.45) is 0 Å². The van der Waals surface area contributed by atoms with Gasteiger partial charge in [0.1, 0.15) is 0 Å². The number of carbonyl (C=O) groups excluding carboxylic acids is 1. The van der Waals surface area contributed by atoms with Crippen molar-refractivity contribution >= 4 is 27.4 Å². The van der Waals surface area contributed by atoms with Crippen LogP contribution in [0.25, 0.3) is 17.1 Å². The van der Waals surface area contributed by atoms with Crippen LogP contribution in [0.4, 0.5) is 11.5 Å². The molecule has 12 heteroatoms. The fourth-order valence-corrected chi connectivity index (χ4v) is 5.12. The molecule has 38 heavy (non-hydrogen) atoms. The van der Waals surface area contributed by atoms with Crippen LogP contribution < -0.4 is 9.62 Å². The van der Waals surface area contributed by atoms with Gasteiger partial charge in [0.15, 0.2) is 5.82 Å². The van der Waals surface area contributed by atoms with E-state index >= 15 is 0 Å². The Bertz CT molecular complexity index is 1550. The van der Waals surface area contributed by atoms with Gasteiger partial charge in [-0.2, -0.15) is 0 Å². The Morgan fingerprint density at radius 1 is 1.08 bits per heavy atom. The van der Waals surface area contributed by atoms with Crippen molar-refractivity contribution in [3.63, 3.8) is 0 Å². The van der Waals surface area contributed by atoms with Crippen LogP contribution in [0.2, 0.25) is 0 Å². The van der Waals surface area contributed by atoms with E-state index in [0.717, 1.165) is 43.4 Å². The highest BCUT2D eigenvalue weighted by atomic mass is 32.2. The molecular weight excluding hydrogens is 506 g/mol. The first-order valence-corrected chi connectivity index (χ1v) is 14.1. The summed E-state index contributed by atoms with van der Waals surface area (Å²) in [6.07, 6.45) is 4.47. The summed E-state index contributed by atoms with van der Waals surface area (Å²) >= 11 is 0. The topological polar surface area (TPSA) is 126 Å². The number of carbonyl (C=O) groups is 1. The maximum Gasteiger partial charge on any atom is 0.259 e. The second-order valence-electron chi connectivity index (χ2n) is 9.46. The molecule has 0 saturated carbocycles. The first-order chi connectivity index (χ1) is 18.2. The van der Waals surface area contributed by atoms with Gasteiger partial charge in [-0.15, -0.1) is 15.3 Å². The largest absolute Gasteiger partial charge is 0.421 e. The molecule has 2 aromatic heterocycles. The number of nitrogens with zero attached hydrogens (tertiary/aromatic N) is 6. The first kappa shape index (κ1) is 25.6. The van der Waals surface area contributed by atoms with Crippen molar-refractivity contribution in [1.82, 2.24) is 24.9 Å². The summed E-state index contributed by atoms with van der Waals surface area (Å²) in [6, 6.07) is 15.8. The van der Waals surface area contributed by atoms with Crippen LogP contribution in [-0.2, 0) is 10.0 Å². The first-order valence-electron chi connectivity index (χ1n) is 12.2. The van der Waals surface area contributed by atoms with Crippen molar-refractivity contribution in [2.45, 2.75) is 25.8 Å². The van der Waals surface area contributed by atoms with Crippen molar-refractivity contribution in [1.29, 1.82) is 0 Å². The number of hydrogen-bond acceptors (Lipinski definition) is 8. The molecule has 5 rings (SSSR count). The fraction of sp³-hybridized carbons (Fsp3) is 0.308. The zero-order chi connectivity index (χ0) is 26.9. The second-order valence-corrected chi connectivity index (χ2v) is 11.2. The summed E-state index contributed by atoms with van der Waals surface area (Å²) < 4.78 is 33.2. The van der Waals surface area contributed by atoms with Crippen LogP contribution in [0.15, 0.2) is 65.2 Å². The lowest BCUT2D eigenvalue weighted by Crippen LogP contribution is -2.47. The van der Waals surface area contributed by atoms with E-state index in [9.17, 15) is 13.2 Å². The Labute approximate surface area is 221 Å². The van der Waals surface area contributed by atoms with Gasteiger partial charge in [0.05, 0.1) is 11.9 Å². The van der Waals surface area contributed by atoms with E-state index in [1.807, 2.05) is 36.5 Å². The zero-order valence-corrected chi connectivity index (χ0v) is 22.2. The van der Waals surface area contributed by atoms with E-state index in [0.29, 0.717) is 28.9 Å². The highest BCUT2D eigenvalue weighted by Gasteiger charge is 2.31. The number of piperidine rings is 1. The van der Waals surface area contributed by atoms with Gasteiger partial charge in [-0.1, -0.05) is 12.1 Å². The van der Waals surface area contributed by atoms with Gasteiger partial charge in [0, 0.05) is 42.0 Å². The summed E-state index contributed by atoms with van der Waals surface area (Å²) in [4.78, 5) is 17.9. The Hall–Kier alpha value is -4.03. The Balaban J connectivity index is 1.48. The lowest BCUT2D eigenvalue weighted by atomic mass is 10.0. The van der Waals surface area contributed by atoms with Gasteiger partial charge in [-0.3, -0.25) is 14.4 Å². The molecule has 0 radical (unpaired) electrons. The molecule has 1 aliphatic rings. The minimum atomic E-state index is -3.48. The molecular formula is C26H29N7O4S. The third-order valence-electron chi connectivity index (χ3n) is 6.39. The van der Waals surface area contributed by atoms with E-state index in [1.165, 1.54) is 0 Å². The van der Waals surface area contributed by atoms with Crippen LogP contribution >= 0.6 is 0 Å². The van der Waals surface area contributed by atoms with Crippen molar-refractivity contribution < 1.29 is 17.6 Å². The molecule has 198 valence electrons. The number of aryl methyl sites for hydroxylation is 1. The van der Waals surface area contributed by atoms with Gasteiger partial charge in [0.25, 0.3) is 5.91 Å². The van der Waals surface area contributed by atoms with Gasteiger partial charge in [-0.25, -0.2) is 13.1 Å². The predicted octanol–water partition coefficient (Wildman–Crippen LogP) is 3.34. The van der Waals surface area contributed by atoms with Gasteiger partial charge in [-0.05, 0) is 69.4 Å². The molecule has 2 aromatic carbocycles. The van der Waals surface area contributed by atoms with E-state index < -0.39 is 10.0 Å². The Morgan fingerprint density at radius 2 is 1.84 bits per heavy atom. The van der Waals surface area contributed by atoms with Gasteiger partial charge >= 0.3 is 0 Å².